The van der Waals surface area contributed by atoms with Gasteiger partial charge in [0.1, 0.15) is 12.7 Å². The standard InChI is InChI=1S/C23H40N3O14P.Gd/c1-23(2)5-3-17(4-6-23)40-41(37,38)39-15-16(26(13-21(33)34)14-22(35)36)9-24(10-18(27)28)7-8-25(11-19(29)30)12-20(31)32;/h16-17H,3-15H2,1-2H3,(H,27,28)(H,29,30)(H,31,32)(H,33,34)(H,35,36)(H,37,38);/q;+3/p-5. The molecule has 241 valence electrons. The van der Waals surface area contributed by atoms with Gasteiger partial charge in [-0.25, -0.2) is 0 Å². The molecule has 0 spiro atoms. The van der Waals surface area contributed by atoms with E-state index in [1.807, 2.05) is 13.8 Å². The van der Waals surface area contributed by atoms with Gasteiger partial charge in [-0.2, -0.15) is 13.9 Å². The summed E-state index contributed by atoms with van der Waals surface area (Å²) in [6.07, 6.45) is 1.78. The van der Waals surface area contributed by atoms with E-state index in [0.717, 1.165) is 27.5 Å². The summed E-state index contributed by atoms with van der Waals surface area (Å²) in [5.74, 6) is -8.36. The number of hydrogen-bond acceptors (Lipinski definition) is 17. The summed E-state index contributed by atoms with van der Waals surface area (Å²) >= 11 is 0. The molecule has 1 saturated carbocycles. The van der Waals surface area contributed by atoms with Crippen LogP contribution in [0, 0.1) is 45.4 Å². The fourth-order valence-electron chi connectivity index (χ4n) is 4.37. The van der Waals surface area contributed by atoms with Gasteiger partial charge >= 0.3 is 48.1 Å². The maximum atomic E-state index is 12.7. The van der Waals surface area contributed by atoms with E-state index >= 15 is 0 Å². The molecule has 0 bridgehead atoms. The molecule has 0 heterocycles. The number of phosphoric ester groups is 1. The summed E-state index contributed by atoms with van der Waals surface area (Å²) in [6.45, 7) is -2.51. The number of aliphatic carboxylic acids is 5. The number of rotatable bonds is 21. The van der Waals surface area contributed by atoms with Gasteiger partial charge in [0, 0.05) is 52.4 Å². The van der Waals surface area contributed by atoms with Crippen molar-refractivity contribution in [3.8, 4) is 0 Å². The molecule has 1 aliphatic rings. The van der Waals surface area contributed by atoms with Crippen LogP contribution >= 0.6 is 8.17 Å². The second-order valence-corrected chi connectivity index (χ2v) is 12.0. The molecule has 0 aliphatic heterocycles. The molecule has 17 nitrogen and oxygen atoms in total. The van der Waals surface area contributed by atoms with Crippen molar-refractivity contribution in [2.75, 3.05) is 59.0 Å². The van der Waals surface area contributed by atoms with Gasteiger partial charge in [0.2, 0.25) is 0 Å². The Morgan fingerprint density at radius 2 is 1.21 bits per heavy atom. The normalized spacial score (nSPS) is 17.4. The number of phosphoric acid groups is 1. The molecule has 0 saturated heterocycles. The molecule has 19 heteroatoms. The van der Waals surface area contributed by atoms with Crippen molar-refractivity contribution in [1.82, 2.24) is 14.7 Å². The molecule has 1 fully saturated rings. The SMILES string of the molecule is CC1(C)CCC(O[P+]([O-])(O)OCC(CN(CCN(CC(=O)[O-])CC(=O)[O-])CC(=O)[O-])N(CC(=O)[O-])CC(=O)[O-])CC1.[Gd+3]. The Bertz CT molecular complexity index is 883. The molecule has 42 heavy (non-hydrogen) atoms. The molecule has 1 rings (SSSR count). The zero-order chi connectivity index (χ0) is 31.4. The number of hydrogen-bond donors (Lipinski definition) is 1. The second-order valence-electron chi connectivity index (χ2n) is 10.6. The van der Waals surface area contributed by atoms with Crippen molar-refractivity contribution >= 4 is 38.0 Å². The molecule has 0 amide bonds. The summed E-state index contributed by atoms with van der Waals surface area (Å²) in [5, 5.41) is 55.9. The Morgan fingerprint density at radius 1 is 0.810 bits per heavy atom. The van der Waals surface area contributed by atoms with Crippen LogP contribution in [0.3, 0.4) is 0 Å². The number of nitrogens with zero attached hydrogens (tertiary/aromatic N) is 3. The molecule has 1 N–H and O–H groups in total. The Morgan fingerprint density at radius 3 is 1.64 bits per heavy atom. The van der Waals surface area contributed by atoms with Gasteiger partial charge in [0.25, 0.3) is 0 Å². The molecule has 2 unspecified atom stereocenters. The summed E-state index contributed by atoms with van der Waals surface area (Å²) < 4.78 is 10.3. The monoisotopic (exact) mass is 766 g/mol. The summed E-state index contributed by atoms with van der Waals surface area (Å²) in [4.78, 5) is 81.5. The predicted octanol–water partition coefficient (Wildman–Crippen LogP) is -7.96. The van der Waals surface area contributed by atoms with E-state index in [-0.39, 0.29) is 58.4 Å². The van der Waals surface area contributed by atoms with Crippen LogP contribution in [0.25, 0.3) is 0 Å². The van der Waals surface area contributed by atoms with E-state index in [0.29, 0.717) is 12.8 Å². The third-order valence-corrected chi connectivity index (χ3v) is 7.48. The number of carboxylic acid groups (broad SMARTS) is 5. The Labute approximate surface area is 275 Å². The topological polar surface area (TPSA) is 272 Å². The first-order chi connectivity index (χ1) is 18.9. The third-order valence-electron chi connectivity index (χ3n) is 6.44. The van der Waals surface area contributed by atoms with Crippen molar-refractivity contribution < 1.29 is 108 Å². The minimum Gasteiger partial charge on any atom is -0.606 e. The molecule has 2 atom stereocenters. The molecular weight excluding hydrogens is 730 g/mol. The smallest absolute Gasteiger partial charge is 0.606 e. The number of carboxylic acids is 5. The molecule has 1 radical (unpaired) electrons. The van der Waals surface area contributed by atoms with Crippen LogP contribution in [0.4, 0.5) is 0 Å². The average Bonchev–Trinajstić information content (AvgIpc) is 2.79. The van der Waals surface area contributed by atoms with Gasteiger partial charge in [-0.05, 0) is 31.1 Å². The fraction of sp³-hybridized carbons (Fsp3) is 0.783. The molecule has 0 aromatic heterocycles. The minimum atomic E-state index is -4.75. The van der Waals surface area contributed by atoms with E-state index < -0.39 is 96.0 Å². The summed E-state index contributed by atoms with van der Waals surface area (Å²) in [6, 6.07) is -1.38. The van der Waals surface area contributed by atoms with Gasteiger partial charge in [0.15, 0.2) is 0 Å². The van der Waals surface area contributed by atoms with Gasteiger partial charge in [-0.15, -0.1) is 0 Å². The van der Waals surface area contributed by atoms with Crippen LogP contribution < -0.4 is 30.4 Å². The van der Waals surface area contributed by atoms with Crippen molar-refractivity contribution in [2.45, 2.75) is 51.7 Å². The Kier molecular flexibility index (Phi) is 18.7. The van der Waals surface area contributed by atoms with E-state index in [9.17, 15) is 59.3 Å². The third kappa shape index (κ3) is 18.5. The number of carbonyl (C=O) groups excluding carboxylic acids is 5. The van der Waals surface area contributed by atoms with Crippen LogP contribution in [0.1, 0.15) is 39.5 Å². The minimum absolute atomic E-state index is 0. The van der Waals surface area contributed by atoms with Gasteiger partial charge in [-0.1, -0.05) is 13.8 Å². The second kappa shape index (κ2) is 19.3. The van der Waals surface area contributed by atoms with Crippen molar-refractivity contribution in [3.05, 3.63) is 0 Å². The van der Waals surface area contributed by atoms with Crippen molar-refractivity contribution in [1.29, 1.82) is 0 Å². The molecule has 0 aromatic rings. The summed E-state index contributed by atoms with van der Waals surface area (Å²) in [7, 11) is -4.75. The quantitative estimate of drug-likeness (QED) is 0.106. The maximum Gasteiger partial charge on any atom is 3.00 e. The first kappa shape index (κ1) is 40.8. The average molecular weight is 766 g/mol. The Hall–Kier alpha value is -1.18. The van der Waals surface area contributed by atoms with Crippen molar-refractivity contribution in [3.63, 3.8) is 0 Å². The van der Waals surface area contributed by atoms with Crippen LogP contribution in [-0.4, -0.2) is 121 Å². The van der Waals surface area contributed by atoms with Gasteiger partial charge in [0.05, 0.1) is 35.9 Å². The van der Waals surface area contributed by atoms with Crippen LogP contribution in [0.15, 0.2) is 0 Å². The first-order valence-electron chi connectivity index (χ1n) is 12.7. The van der Waals surface area contributed by atoms with Crippen LogP contribution in [0.2, 0.25) is 0 Å². The molecular formula is C23H35GdN3O14P-2. The summed E-state index contributed by atoms with van der Waals surface area (Å²) in [5.41, 5.74) is 0.0293. The largest absolute Gasteiger partial charge is 3.00 e. The van der Waals surface area contributed by atoms with Gasteiger partial charge in [-0.3, -0.25) is 14.7 Å². The van der Waals surface area contributed by atoms with Crippen molar-refractivity contribution in [2.24, 2.45) is 5.41 Å². The van der Waals surface area contributed by atoms with E-state index in [4.69, 9.17) is 9.05 Å². The van der Waals surface area contributed by atoms with E-state index in [2.05, 4.69) is 0 Å². The predicted molar refractivity (Wildman–Crippen MR) is 125 cm³/mol. The van der Waals surface area contributed by atoms with Crippen LogP contribution in [0.5, 0.6) is 0 Å². The van der Waals surface area contributed by atoms with Gasteiger partial charge < -0.3 is 54.4 Å². The van der Waals surface area contributed by atoms with E-state index in [1.165, 1.54) is 0 Å². The maximum absolute atomic E-state index is 12.7. The van der Waals surface area contributed by atoms with Crippen LogP contribution in [-0.2, 0) is 33.0 Å². The zero-order valence-corrected chi connectivity index (χ0v) is 26.4. The zero-order valence-electron chi connectivity index (χ0n) is 23.2. The fourth-order valence-corrected chi connectivity index (χ4v) is 5.38. The Balaban J connectivity index is 0.0000168. The number of carbonyl (C=O) groups is 5. The molecule has 0 aromatic carbocycles. The molecule has 1 aliphatic carbocycles. The first-order valence-corrected chi connectivity index (χ1v) is 14.2. The van der Waals surface area contributed by atoms with E-state index in [1.54, 1.807) is 0 Å².